The van der Waals surface area contributed by atoms with Crippen LogP contribution in [0, 0.1) is 0 Å². The number of fused-ring (bicyclic) bond motifs is 1. The maximum Gasteiger partial charge on any atom is 0.416 e. The van der Waals surface area contributed by atoms with Crippen molar-refractivity contribution in [3.05, 3.63) is 52.9 Å². The van der Waals surface area contributed by atoms with Gasteiger partial charge in [-0.3, -0.25) is 0 Å². The number of nitrogens with zero attached hydrogens (tertiary/aromatic N) is 2. The number of aliphatic imine (C=N–C) groups is 1. The Morgan fingerprint density at radius 1 is 1.48 bits per heavy atom. The Morgan fingerprint density at radius 2 is 2.19 bits per heavy atom. The van der Waals surface area contributed by atoms with Gasteiger partial charge in [0.1, 0.15) is 5.75 Å². The number of halogens is 3. The minimum absolute atomic E-state index is 0.0285. The van der Waals surface area contributed by atoms with E-state index in [4.69, 9.17) is 15.2 Å². The van der Waals surface area contributed by atoms with E-state index in [0.717, 1.165) is 18.5 Å². The molecule has 27 heavy (non-hydrogen) atoms. The molecule has 146 valence electrons. The third-order valence-electron chi connectivity index (χ3n) is 3.97. The number of nitrogens with two attached hydrogens (primary N) is 1. The molecule has 0 unspecified atom stereocenters. The lowest BCUT2D eigenvalue weighted by molar-refractivity contribution is -0.139. The smallest absolute Gasteiger partial charge is 0.416 e. The van der Waals surface area contributed by atoms with Crippen LogP contribution in [0.15, 0.2) is 46.7 Å². The van der Waals surface area contributed by atoms with Gasteiger partial charge in [0.2, 0.25) is 0 Å². The zero-order valence-corrected chi connectivity index (χ0v) is 15.0. The van der Waals surface area contributed by atoms with E-state index < -0.39 is 17.7 Å². The fraction of sp³-hybridized carbons (Fsp3) is 0.333. The molecule has 1 heterocycles. The lowest BCUT2D eigenvalue weighted by Gasteiger charge is -2.33. The van der Waals surface area contributed by atoms with Gasteiger partial charge in [-0.1, -0.05) is 6.58 Å². The third-order valence-corrected chi connectivity index (χ3v) is 3.97. The summed E-state index contributed by atoms with van der Waals surface area (Å²) in [6.45, 7) is 7.52. The number of alkyl halides is 3. The Morgan fingerprint density at radius 3 is 2.78 bits per heavy atom. The molecule has 9 heteroatoms. The molecule has 0 amide bonds. The van der Waals surface area contributed by atoms with Crippen LogP contribution < -0.4 is 10.5 Å². The predicted octanol–water partition coefficient (Wildman–Crippen LogP) is 3.20. The van der Waals surface area contributed by atoms with E-state index >= 15 is 0 Å². The summed E-state index contributed by atoms with van der Waals surface area (Å²) in [5.74, 6) is -0.296. The maximum atomic E-state index is 12.9. The molecule has 1 aliphatic rings. The molecule has 1 aromatic rings. The minimum atomic E-state index is -4.45. The summed E-state index contributed by atoms with van der Waals surface area (Å²) in [6, 6.07) is 3.31. The van der Waals surface area contributed by atoms with E-state index in [0.29, 0.717) is 22.6 Å². The topological polar surface area (TPSA) is 77.1 Å². The predicted molar refractivity (Wildman–Crippen MR) is 93.6 cm³/mol. The average Bonchev–Trinajstić information content (AvgIpc) is 2.63. The number of hydrogen-bond acceptors (Lipinski definition) is 5. The normalized spacial score (nSPS) is 15.1. The molecule has 0 atom stereocenters. The lowest BCUT2D eigenvalue weighted by Crippen LogP contribution is -2.32. The Hall–Kier alpha value is -2.97. The van der Waals surface area contributed by atoms with Crippen LogP contribution in [0.25, 0.3) is 0 Å². The highest BCUT2D eigenvalue weighted by atomic mass is 19.4. The first-order valence-electron chi connectivity index (χ1n) is 8.08. The van der Waals surface area contributed by atoms with Crippen LogP contribution in [0.3, 0.4) is 0 Å². The largest absolute Gasteiger partial charge is 0.473 e. The van der Waals surface area contributed by atoms with E-state index in [1.807, 2.05) is 0 Å². The molecule has 6 nitrogen and oxygen atoms in total. The Bertz CT molecular complexity index is 801. The lowest BCUT2D eigenvalue weighted by atomic mass is 10.1. The highest BCUT2D eigenvalue weighted by Gasteiger charge is 2.32. The first-order valence-corrected chi connectivity index (χ1v) is 8.08. The zero-order chi connectivity index (χ0) is 20.2. The number of rotatable bonds is 5. The molecule has 2 N–H and O–H groups in total. The van der Waals surface area contributed by atoms with E-state index in [-0.39, 0.29) is 25.6 Å². The summed E-state index contributed by atoms with van der Waals surface area (Å²) in [7, 11) is 0. The van der Waals surface area contributed by atoms with Crippen molar-refractivity contribution >= 4 is 12.3 Å². The summed E-state index contributed by atoms with van der Waals surface area (Å²) in [5.41, 5.74) is 5.62. The van der Waals surface area contributed by atoms with Gasteiger partial charge in [0.05, 0.1) is 18.5 Å². The molecular weight excluding hydrogens is 363 g/mol. The van der Waals surface area contributed by atoms with Gasteiger partial charge in [-0.2, -0.15) is 13.2 Å². The molecule has 0 radical (unpaired) electrons. The second-order valence-electron chi connectivity index (χ2n) is 5.71. The van der Waals surface area contributed by atoms with Crippen molar-refractivity contribution in [3.63, 3.8) is 0 Å². The van der Waals surface area contributed by atoms with Crippen molar-refractivity contribution in [1.29, 1.82) is 0 Å². The quantitative estimate of drug-likeness (QED) is 0.278. The van der Waals surface area contributed by atoms with Gasteiger partial charge in [0.15, 0.2) is 12.4 Å². The maximum absolute atomic E-state index is 12.9. The molecule has 0 bridgehead atoms. The van der Waals surface area contributed by atoms with E-state index in [1.54, 1.807) is 18.7 Å². The van der Waals surface area contributed by atoms with Crippen molar-refractivity contribution in [2.75, 3.05) is 13.3 Å². The number of ether oxygens (including phenoxy) is 2. The first-order chi connectivity index (χ1) is 12.7. The van der Waals surface area contributed by atoms with E-state index in [1.165, 1.54) is 6.07 Å². The van der Waals surface area contributed by atoms with Crippen LogP contribution in [0.2, 0.25) is 0 Å². The summed E-state index contributed by atoms with van der Waals surface area (Å²) >= 11 is 0. The summed E-state index contributed by atoms with van der Waals surface area (Å²) in [6.07, 6.45) is -3.49. The number of hydrogen-bond donors (Lipinski definition) is 1. The van der Waals surface area contributed by atoms with E-state index in [2.05, 4.69) is 11.6 Å². The van der Waals surface area contributed by atoms with Gasteiger partial charge < -0.3 is 20.1 Å². The van der Waals surface area contributed by atoms with Crippen molar-refractivity contribution < 1.29 is 27.4 Å². The number of esters is 1. The van der Waals surface area contributed by atoms with Gasteiger partial charge in [0, 0.05) is 23.4 Å². The van der Waals surface area contributed by atoms with Crippen LogP contribution in [-0.2, 0) is 22.3 Å². The molecule has 1 aliphatic heterocycles. The molecule has 1 aromatic carbocycles. The molecule has 0 saturated heterocycles. The van der Waals surface area contributed by atoms with Gasteiger partial charge in [0.25, 0.3) is 0 Å². The van der Waals surface area contributed by atoms with Crippen LogP contribution >= 0.6 is 0 Å². The molecular formula is C18H20F3N3O3. The van der Waals surface area contributed by atoms with E-state index in [9.17, 15) is 18.0 Å². The molecule has 0 aromatic heterocycles. The number of carbonyl (C=O) groups is 1. The highest BCUT2D eigenvalue weighted by molar-refractivity contribution is 5.91. The van der Waals surface area contributed by atoms with Crippen molar-refractivity contribution in [1.82, 2.24) is 4.90 Å². The molecule has 0 fully saturated rings. The number of benzene rings is 1. The molecule has 2 rings (SSSR count). The average molecular weight is 383 g/mol. The SMILES string of the molecule is C=C(/C(C)=C(\N=C/N)C(=O)OCC)N1COc2ccc(C(F)(F)F)cc2C1. The number of carbonyl (C=O) groups excluding carboxylic acids is 1. The Labute approximate surface area is 154 Å². The van der Waals surface area contributed by atoms with Gasteiger partial charge in [-0.25, -0.2) is 9.79 Å². The summed E-state index contributed by atoms with van der Waals surface area (Å²) < 4.78 is 49.3. The second kappa shape index (κ2) is 8.15. The molecule has 0 saturated carbocycles. The fourth-order valence-corrected chi connectivity index (χ4v) is 2.54. The Balaban J connectivity index is 2.30. The molecule has 0 spiro atoms. The second-order valence-corrected chi connectivity index (χ2v) is 5.71. The highest BCUT2D eigenvalue weighted by Crippen LogP contribution is 2.35. The standard InChI is InChI=1S/C18H20F3N3O3/c1-4-26-17(25)16(23-9-22)11(2)12(3)24-8-13-7-14(18(19,20)21)5-6-15(13)27-10-24/h5-7,9H,3-4,8,10H2,1-2H3,(H2,22,23)/b16-11-. The fourth-order valence-electron chi connectivity index (χ4n) is 2.54. The van der Waals surface area contributed by atoms with Crippen molar-refractivity contribution in [2.45, 2.75) is 26.6 Å². The van der Waals surface area contributed by atoms with Gasteiger partial charge >= 0.3 is 12.1 Å². The van der Waals surface area contributed by atoms with Crippen LogP contribution in [0.4, 0.5) is 13.2 Å². The zero-order valence-electron chi connectivity index (χ0n) is 15.0. The van der Waals surface area contributed by atoms with Gasteiger partial charge in [-0.15, -0.1) is 0 Å². The summed E-state index contributed by atoms with van der Waals surface area (Å²) in [4.78, 5) is 17.5. The number of allylic oxidation sites excluding steroid dienone is 1. The summed E-state index contributed by atoms with van der Waals surface area (Å²) in [5, 5.41) is 0. The minimum Gasteiger partial charge on any atom is -0.473 e. The Kier molecular flexibility index (Phi) is 6.14. The van der Waals surface area contributed by atoms with Crippen LogP contribution in [-0.4, -0.2) is 30.5 Å². The van der Waals surface area contributed by atoms with Crippen LogP contribution in [0.1, 0.15) is 25.0 Å². The monoisotopic (exact) mass is 383 g/mol. The van der Waals surface area contributed by atoms with Gasteiger partial charge in [-0.05, 0) is 32.0 Å². The first kappa shape index (κ1) is 20.3. The van der Waals surface area contributed by atoms with Crippen molar-refractivity contribution in [3.8, 4) is 5.75 Å². The van der Waals surface area contributed by atoms with Crippen LogP contribution in [0.5, 0.6) is 5.75 Å². The van der Waals surface area contributed by atoms with Crippen molar-refractivity contribution in [2.24, 2.45) is 10.7 Å². The molecule has 0 aliphatic carbocycles. The third kappa shape index (κ3) is 4.60.